The Bertz CT molecular complexity index is 674. The number of carbonyl (C=O) groups is 1. The third kappa shape index (κ3) is 3.58. The number of carbonyl (C=O) groups excluding carboxylic acids is 1. The van der Waals surface area contributed by atoms with Gasteiger partial charge in [-0.25, -0.2) is 0 Å². The maximum Gasteiger partial charge on any atom is 0.222 e. The Labute approximate surface area is 138 Å². The zero-order chi connectivity index (χ0) is 16.2. The number of benzene rings is 1. The van der Waals surface area contributed by atoms with E-state index in [1.165, 1.54) is 16.5 Å². The fraction of sp³-hybridized carbons (Fsp3) is 0.526. The average Bonchev–Trinajstić information content (AvgIpc) is 3.11. The Balaban J connectivity index is 1.54. The van der Waals surface area contributed by atoms with Gasteiger partial charge in [0.15, 0.2) is 0 Å². The second kappa shape index (κ2) is 7.18. The molecule has 0 atom stereocenters. The van der Waals surface area contributed by atoms with Gasteiger partial charge in [0, 0.05) is 49.2 Å². The summed E-state index contributed by atoms with van der Waals surface area (Å²) in [5.74, 6) is 0.324. The molecule has 0 radical (unpaired) electrons. The van der Waals surface area contributed by atoms with E-state index in [4.69, 9.17) is 0 Å². The molecule has 0 spiro atoms. The molecule has 3 rings (SSSR count). The minimum atomic E-state index is 0.324. The summed E-state index contributed by atoms with van der Waals surface area (Å²) in [5, 5.41) is 4.87. The quantitative estimate of drug-likeness (QED) is 0.796. The number of hydrogen-bond acceptors (Lipinski definition) is 2. The van der Waals surface area contributed by atoms with Crippen molar-refractivity contribution in [2.75, 3.05) is 19.6 Å². The van der Waals surface area contributed by atoms with Gasteiger partial charge in [-0.2, -0.15) is 0 Å². The molecule has 1 fully saturated rings. The number of amides is 1. The van der Waals surface area contributed by atoms with Crippen LogP contribution in [0.5, 0.6) is 0 Å². The van der Waals surface area contributed by atoms with Crippen LogP contribution in [0.4, 0.5) is 0 Å². The van der Waals surface area contributed by atoms with Crippen molar-refractivity contribution in [3.8, 4) is 0 Å². The standard InChI is InChI=1S/C19H27N3O/c1-15(2)22-14-16(17-7-3-4-8-18(17)22)13-20-10-6-12-21-11-5-9-19(21)23/h3-4,7-8,14-15,20H,5-6,9-13H2,1-2H3. The number of aromatic nitrogens is 1. The van der Waals surface area contributed by atoms with Crippen molar-refractivity contribution in [2.24, 2.45) is 0 Å². The van der Waals surface area contributed by atoms with E-state index in [2.05, 4.69) is 54.2 Å². The van der Waals surface area contributed by atoms with Gasteiger partial charge in [0.05, 0.1) is 0 Å². The van der Waals surface area contributed by atoms with Crippen LogP contribution >= 0.6 is 0 Å². The average molecular weight is 313 g/mol. The summed E-state index contributed by atoms with van der Waals surface area (Å²) in [6, 6.07) is 9.07. The summed E-state index contributed by atoms with van der Waals surface area (Å²) in [6.45, 7) is 8.10. The fourth-order valence-electron chi connectivity index (χ4n) is 3.40. The second-order valence-corrected chi connectivity index (χ2v) is 6.69. The van der Waals surface area contributed by atoms with E-state index >= 15 is 0 Å². The lowest BCUT2D eigenvalue weighted by Crippen LogP contribution is -2.28. The SMILES string of the molecule is CC(C)n1cc(CNCCCN2CCCC2=O)c2ccccc21. The van der Waals surface area contributed by atoms with Crippen LogP contribution in [0.3, 0.4) is 0 Å². The van der Waals surface area contributed by atoms with Crippen LogP contribution in [0.25, 0.3) is 10.9 Å². The Morgan fingerprint density at radius 3 is 2.83 bits per heavy atom. The Morgan fingerprint density at radius 2 is 2.09 bits per heavy atom. The van der Waals surface area contributed by atoms with Crippen molar-refractivity contribution in [3.63, 3.8) is 0 Å². The lowest BCUT2D eigenvalue weighted by Gasteiger charge is -2.15. The first-order valence-electron chi connectivity index (χ1n) is 8.74. The van der Waals surface area contributed by atoms with Gasteiger partial charge in [0.25, 0.3) is 0 Å². The first-order chi connectivity index (χ1) is 11.2. The van der Waals surface area contributed by atoms with Crippen molar-refractivity contribution in [3.05, 3.63) is 36.0 Å². The van der Waals surface area contributed by atoms with E-state index in [9.17, 15) is 4.79 Å². The molecule has 0 saturated carbocycles. The maximum absolute atomic E-state index is 11.6. The molecule has 1 aromatic heterocycles. The predicted octanol–water partition coefficient (Wildman–Crippen LogP) is 3.32. The third-order valence-corrected chi connectivity index (χ3v) is 4.65. The molecule has 0 bridgehead atoms. The molecule has 0 aliphatic carbocycles. The number of hydrogen-bond donors (Lipinski definition) is 1. The fourth-order valence-corrected chi connectivity index (χ4v) is 3.40. The lowest BCUT2D eigenvalue weighted by atomic mass is 10.2. The molecule has 1 aliphatic rings. The van der Waals surface area contributed by atoms with Crippen LogP contribution in [0.1, 0.15) is 44.7 Å². The van der Waals surface area contributed by atoms with Gasteiger partial charge < -0.3 is 14.8 Å². The number of rotatable bonds is 7. The lowest BCUT2D eigenvalue weighted by molar-refractivity contribution is -0.127. The molecule has 1 aliphatic heterocycles. The smallest absolute Gasteiger partial charge is 0.222 e. The van der Waals surface area contributed by atoms with Crippen molar-refractivity contribution < 1.29 is 4.79 Å². The van der Waals surface area contributed by atoms with Gasteiger partial charge in [-0.3, -0.25) is 4.79 Å². The Hall–Kier alpha value is -1.81. The first kappa shape index (κ1) is 16.1. The summed E-state index contributed by atoms with van der Waals surface area (Å²) in [7, 11) is 0. The highest BCUT2D eigenvalue weighted by Crippen LogP contribution is 2.24. The zero-order valence-corrected chi connectivity index (χ0v) is 14.2. The maximum atomic E-state index is 11.6. The van der Waals surface area contributed by atoms with E-state index in [1.54, 1.807) is 0 Å². The molecule has 2 aromatic rings. The van der Waals surface area contributed by atoms with Crippen molar-refractivity contribution in [1.29, 1.82) is 0 Å². The molecular formula is C19H27N3O. The topological polar surface area (TPSA) is 37.3 Å². The molecule has 2 heterocycles. The number of fused-ring (bicyclic) bond motifs is 1. The number of likely N-dealkylation sites (tertiary alicyclic amines) is 1. The molecule has 1 N–H and O–H groups in total. The Kier molecular flexibility index (Phi) is 5.01. The predicted molar refractivity (Wildman–Crippen MR) is 94.5 cm³/mol. The number of para-hydroxylation sites is 1. The minimum absolute atomic E-state index is 0.324. The third-order valence-electron chi connectivity index (χ3n) is 4.65. The molecule has 23 heavy (non-hydrogen) atoms. The first-order valence-corrected chi connectivity index (χ1v) is 8.74. The van der Waals surface area contributed by atoms with E-state index in [1.807, 2.05) is 4.90 Å². The molecule has 1 amide bonds. The van der Waals surface area contributed by atoms with Crippen LogP contribution in [0, 0.1) is 0 Å². The summed E-state index contributed by atoms with van der Waals surface area (Å²) >= 11 is 0. The van der Waals surface area contributed by atoms with Gasteiger partial charge in [0.2, 0.25) is 5.91 Å². The normalized spacial score (nSPS) is 15.3. The van der Waals surface area contributed by atoms with Gasteiger partial charge in [-0.1, -0.05) is 18.2 Å². The second-order valence-electron chi connectivity index (χ2n) is 6.69. The van der Waals surface area contributed by atoms with E-state index in [-0.39, 0.29) is 0 Å². The largest absolute Gasteiger partial charge is 0.345 e. The van der Waals surface area contributed by atoms with Crippen LogP contribution in [0.2, 0.25) is 0 Å². The van der Waals surface area contributed by atoms with Crippen LogP contribution in [0.15, 0.2) is 30.5 Å². The van der Waals surface area contributed by atoms with Gasteiger partial charge in [-0.15, -0.1) is 0 Å². The number of nitrogens with one attached hydrogen (secondary N) is 1. The highest BCUT2D eigenvalue weighted by Gasteiger charge is 2.18. The molecule has 4 heteroatoms. The number of nitrogens with zero attached hydrogens (tertiary/aromatic N) is 2. The van der Waals surface area contributed by atoms with Crippen LogP contribution in [-0.4, -0.2) is 35.0 Å². The highest BCUT2D eigenvalue weighted by molar-refractivity contribution is 5.84. The Morgan fingerprint density at radius 1 is 1.26 bits per heavy atom. The highest BCUT2D eigenvalue weighted by atomic mass is 16.2. The molecule has 0 unspecified atom stereocenters. The molecular weight excluding hydrogens is 286 g/mol. The van der Waals surface area contributed by atoms with Crippen molar-refractivity contribution >= 4 is 16.8 Å². The van der Waals surface area contributed by atoms with Gasteiger partial charge in [0.1, 0.15) is 0 Å². The summed E-state index contributed by atoms with van der Waals surface area (Å²) in [4.78, 5) is 13.6. The van der Waals surface area contributed by atoms with Gasteiger partial charge >= 0.3 is 0 Å². The van der Waals surface area contributed by atoms with Crippen LogP contribution in [-0.2, 0) is 11.3 Å². The molecule has 1 aromatic carbocycles. The van der Waals surface area contributed by atoms with Crippen molar-refractivity contribution in [1.82, 2.24) is 14.8 Å². The zero-order valence-electron chi connectivity index (χ0n) is 14.2. The monoisotopic (exact) mass is 313 g/mol. The molecule has 1 saturated heterocycles. The minimum Gasteiger partial charge on any atom is -0.345 e. The van der Waals surface area contributed by atoms with E-state index < -0.39 is 0 Å². The van der Waals surface area contributed by atoms with E-state index in [0.29, 0.717) is 11.9 Å². The van der Waals surface area contributed by atoms with E-state index in [0.717, 1.165) is 45.4 Å². The van der Waals surface area contributed by atoms with Crippen molar-refractivity contribution in [2.45, 2.75) is 45.7 Å². The van der Waals surface area contributed by atoms with Gasteiger partial charge in [-0.05, 0) is 44.9 Å². The molecule has 4 nitrogen and oxygen atoms in total. The van der Waals surface area contributed by atoms with Crippen LogP contribution < -0.4 is 5.32 Å². The summed E-state index contributed by atoms with van der Waals surface area (Å²) in [6.07, 6.45) is 5.06. The summed E-state index contributed by atoms with van der Waals surface area (Å²) < 4.78 is 2.34. The summed E-state index contributed by atoms with van der Waals surface area (Å²) in [5.41, 5.74) is 2.66. The molecule has 124 valence electrons.